The highest BCUT2D eigenvalue weighted by atomic mass is 35.5. The molecule has 0 unspecified atom stereocenters. The SMILES string of the molecule is CNC(=O)c1ccc(S(=O)(=O)NC(C)(C)CN)cc1.Cl. The first-order valence-electron chi connectivity index (χ1n) is 5.78. The average molecular weight is 322 g/mol. The van der Waals surface area contributed by atoms with Crippen LogP contribution >= 0.6 is 12.4 Å². The summed E-state index contributed by atoms with van der Waals surface area (Å²) in [4.78, 5) is 11.5. The van der Waals surface area contributed by atoms with Gasteiger partial charge in [-0.15, -0.1) is 12.4 Å². The summed E-state index contributed by atoms with van der Waals surface area (Å²) in [5, 5.41) is 2.47. The molecule has 0 heterocycles. The Morgan fingerprint density at radius 3 is 2.15 bits per heavy atom. The molecule has 0 spiro atoms. The number of amides is 1. The van der Waals surface area contributed by atoms with E-state index in [4.69, 9.17) is 5.73 Å². The highest BCUT2D eigenvalue weighted by Crippen LogP contribution is 2.13. The molecule has 4 N–H and O–H groups in total. The van der Waals surface area contributed by atoms with E-state index >= 15 is 0 Å². The van der Waals surface area contributed by atoms with Gasteiger partial charge in [0.05, 0.1) is 4.90 Å². The van der Waals surface area contributed by atoms with Crippen molar-refractivity contribution in [2.75, 3.05) is 13.6 Å². The lowest BCUT2D eigenvalue weighted by Crippen LogP contribution is -2.48. The maximum atomic E-state index is 12.1. The van der Waals surface area contributed by atoms with Gasteiger partial charge in [0.1, 0.15) is 0 Å². The molecule has 0 aliphatic heterocycles. The maximum absolute atomic E-state index is 12.1. The molecule has 1 amide bonds. The molecule has 1 aromatic carbocycles. The molecular formula is C12H20ClN3O3S. The van der Waals surface area contributed by atoms with Crippen molar-refractivity contribution in [2.24, 2.45) is 5.73 Å². The molecule has 8 heteroatoms. The zero-order valence-electron chi connectivity index (χ0n) is 11.6. The lowest BCUT2D eigenvalue weighted by atomic mass is 10.1. The number of hydrogen-bond donors (Lipinski definition) is 3. The molecule has 6 nitrogen and oxygen atoms in total. The van der Waals surface area contributed by atoms with Crippen LogP contribution in [0.1, 0.15) is 24.2 Å². The summed E-state index contributed by atoms with van der Waals surface area (Å²) in [6, 6.07) is 5.70. The molecule has 20 heavy (non-hydrogen) atoms. The van der Waals surface area contributed by atoms with E-state index in [9.17, 15) is 13.2 Å². The number of carbonyl (C=O) groups excluding carboxylic acids is 1. The van der Waals surface area contributed by atoms with Crippen molar-refractivity contribution in [3.05, 3.63) is 29.8 Å². The third kappa shape index (κ3) is 4.75. The zero-order chi connectivity index (χ0) is 14.7. The van der Waals surface area contributed by atoms with Crippen molar-refractivity contribution in [2.45, 2.75) is 24.3 Å². The Morgan fingerprint density at radius 2 is 1.75 bits per heavy atom. The third-order valence-electron chi connectivity index (χ3n) is 2.57. The Hall–Kier alpha value is -1.15. The van der Waals surface area contributed by atoms with Crippen LogP contribution in [0.25, 0.3) is 0 Å². The van der Waals surface area contributed by atoms with Gasteiger partial charge in [-0.05, 0) is 38.1 Å². The van der Waals surface area contributed by atoms with Gasteiger partial charge in [0, 0.05) is 24.7 Å². The predicted octanol–water partition coefficient (Wildman–Crippen LogP) is 0.484. The van der Waals surface area contributed by atoms with E-state index in [1.54, 1.807) is 13.8 Å². The Labute approximate surface area is 125 Å². The number of sulfonamides is 1. The van der Waals surface area contributed by atoms with Crippen molar-refractivity contribution in [3.63, 3.8) is 0 Å². The molecule has 0 atom stereocenters. The molecule has 1 aromatic rings. The first-order valence-corrected chi connectivity index (χ1v) is 7.26. The van der Waals surface area contributed by atoms with Gasteiger partial charge in [0.2, 0.25) is 10.0 Å². The smallest absolute Gasteiger partial charge is 0.251 e. The molecule has 0 aliphatic carbocycles. The lowest BCUT2D eigenvalue weighted by Gasteiger charge is -2.23. The quantitative estimate of drug-likeness (QED) is 0.734. The van der Waals surface area contributed by atoms with Crippen molar-refractivity contribution < 1.29 is 13.2 Å². The zero-order valence-corrected chi connectivity index (χ0v) is 13.3. The first kappa shape index (κ1) is 18.9. The summed E-state index contributed by atoms with van der Waals surface area (Å²) >= 11 is 0. The van der Waals surface area contributed by atoms with Crippen LogP contribution in [0.2, 0.25) is 0 Å². The fourth-order valence-corrected chi connectivity index (χ4v) is 2.82. The standard InChI is InChI=1S/C12H19N3O3S.ClH/c1-12(2,8-13)15-19(17,18)10-6-4-9(5-7-10)11(16)14-3;/h4-7,15H,8,13H2,1-3H3,(H,14,16);1H. The van der Waals surface area contributed by atoms with Crippen LogP contribution < -0.4 is 15.8 Å². The van der Waals surface area contributed by atoms with E-state index in [1.165, 1.54) is 31.3 Å². The normalized spacial score (nSPS) is 11.6. The van der Waals surface area contributed by atoms with Gasteiger partial charge in [0.25, 0.3) is 5.91 Å². The van der Waals surface area contributed by atoms with Crippen LogP contribution in [0.3, 0.4) is 0 Å². The predicted molar refractivity (Wildman–Crippen MR) is 80.5 cm³/mol. The largest absolute Gasteiger partial charge is 0.355 e. The number of nitrogens with one attached hydrogen (secondary N) is 2. The average Bonchev–Trinajstić information content (AvgIpc) is 2.37. The number of hydrogen-bond acceptors (Lipinski definition) is 4. The molecule has 0 radical (unpaired) electrons. The molecule has 0 saturated heterocycles. The monoisotopic (exact) mass is 321 g/mol. The van der Waals surface area contributed by atoms with Gasteiger partial charge < -0.3 is 11.1 Å². The molecule has 1 rings (SSSR count). The molecule has 0 aromatic heterocycles. The topological polar surface area (TPSA) is 101 Å². The summed E-state index contributed by atoms with van der Waals surface area (Å²) in [7, 11) is -2.13. The van der Waals surface area contributed by atoms with E-state index in [2.05, 4.69) is 10.0 Å². The van der Waals surface area contributed by atoms with Crippen molar-refractivity contribution >= 4 is 28.3 Å². The third-order valence-corrected chi connectivity index (χ3v) is 4.29. The van der Waals surface area contributed by atoms with E-state index < -0.39 is 15.6 Å². The summed E-state index contributed by atoms with van der Waals surface area (Å²) in [6.07, 6.45) is 0. The summed E-state index contributed by atoms with van der Waals surface area (Å²) in [6.45, 7) is 3.58. The fraction of sp³-hybridized carbons (Fsp3) is 0.417. The highest BCUT2D eigenvalue weighted by molar-refractivity contribution is 7.89. The van der Waals surface area contributed by atoms with Crippen molar-refractivity contribution in [3.8, 4) is 0 Å². The minimum atomic E-state index is -3.64. The van der Waals surface area contributed by atoms with Crippen LogP contribution in [-0.2, 0) is 10.0 Å². The van der Waals surface area contributed by atoms with Crippen LogP contribution in [0.15, 0.2) is 29.2 Å². The second-order valence-corrected chi connectivity index (χ2v) is 6.48. The number of rotatable bonds is 5. The number of halogens is 1. The second-order valence-electron chi connectivity index (χ2n) is 4.80. The highest BCUT2D eigenvalue weighted by Gasteiger charge is 2.24. The van der Waals surface area contributed by atoms with Gasteiger partial charge in [0.15, 0.2) is 0 Å². The van der Waals surface area contributed by atoms with Gasteiger partial charge in [-0.25, -0.2) is 13.1 Å². The Balaban J connectivity index is 0.00000361. The van der Waals surface area contributed by atoms with E-state index in [0.29, 0.717) is 5.56 Å². The van der Waals surface area contributed by atoms with Gasteiger partial charge in [-0.2, -0.15) is 0 Å². The molecule has 0 saturated carbocycles. The van der Waals surface area contributed by atoms with Crippen LogP contribution in [0, 0.1) is 0 Å². The summed E-state index contributed by atoms with van der Waals surface area (Å²) in [5.41, 5.74) is 5.17. The van der Waals surface area contributed by atoms with Crippen molar-refractivity contribution in [1.82, 2.24) is 10.0 Å². The van der Waals surface area contributed by atoms with Gasteiger partial charge in [-0.1, -0.05) is 0 Å². The lowest BCUT2D eigenvalue weighted by molar-refractivity contribution is 0.0963. The summed E-state index contributed by atoms with van der Waals surface area (Å²) in [5.74, 6) is -0.265. The number of nitrogens with two attached hydrogens (primary N) is 1. The van der Waals surface area contributed by atoms with E-state index in [-0.39, 0.29) is 29.8 Å². The van der Waals surface area contributed by atoms with Crippen molar-refractivity contribution in [1.29, 1.82) is 0 Å². The van der Waals surface area contributed by atoms with E-state index in [1.807, 2.05) is 0 Å². The maximum Gasteiger partial charge on any atom is 0.251 e. The fourth-order valence-electron chi connectivity index (χ4n) is 1.39. The van der Waals surface area contributed by atoms with E-state index in [0.717, 1.165) is 0 Å². The second kappa shape index (κ2) is 7.03. The van der Waals surface area contributed by atoms with Crippen LogP contribution in [0.5, 0.6) is 0 Å². The molecular weight excluding hydrogens is 302 g/mol. The molecule has 0 aliphatic rings. The molecule has 114 valence electrons. The Kier molecular flexibility index (Phi) is 6.63. The Bertz CT molecular complexity index is 556. The van der Waals surface area contributed by atoms with Gasteiger partial charge >= 0.3 is 0 Å². The first-order chi connectivity index (χ1) is 8.72. The minimum absolute atomic E-state index is 0. The summed E-state index contributed by atoms with van der Waals surface area (Å²) < 4.78 is 26.7. The number of benzene rings is 1. The minimum Gasteiger partial charge on any atom is -0.355 e. The van der Waals surface area contributed by atoms with Crippen LogP contribution in [-0.4, -0.2) is 33.5 Å². The van der Waals surface area contributed by atoms with Crippen LogP contribution in [0.4, 0.5) is 0 Å². The van der Waals surface area contributed by atoms with Gasteiger partial charge in [-0.3, -0.25) is 4.79 Å². The number of carbonyl (C=O) groups is 1. The molecule has 0 fully saturated rings. The Morgan fingerprint density at radius 1 is 1.25 bits per heavy atom. The molecule has 0 bridgehead atoms.